The predicted molar refractivity (Wildman–Crippen MR) is 94.8 cm³/mol. The van der Waals surface area contributed by atoms with Gasteiger partial charge in [0.2, 0.25) is 27.7 Å². The molecule has 3 N–H and O–H groups in total. The summed E-state index contributed by atoms with van der Waals surface area (Å²) in [5.41, 5.74) is 0.862. The normalized spacial score (nSPS) is 13.5. The molecule has 1 aromatic heterocycles. The third kappa shape index (κ3) is 5.76. The first-order valence-electron chi connectivity index (χ1n) is 8.28. The maximum absolute atomic E-state index is 12.6. The molecule has 8 nitrogen and oxygen atoms in total. The number of H-pyrrole nitrogens is 1. The largest absolute Gasteiger partial charge is 0.451 e. The summed E-state index contributed by atoms with van der Waals surface area (Å²) in [5.74, 6) is -2.91. The number of hydrogen-bond acceptors (Lipinski definition) is 5. The maximum Gasteiger partial charge on any atom is 0.451 e. The van der Waals surface area contributed by atoms with Crippen molar-refractivity contribution in [2.75, 3.05) is 5.32 Å². The van der Waals surface area contributed by atoms with Crippen molar-refractivity contribution in [2.24, 2.45) is 5.92 Å². The molecule has 28 heavy (non-hydrogen) atoms. The van der Waals surface area contributed by atoms with Crippen molar-refractivity contribution in [3.8, 4) is 0 Å². The molecule has 1 atom stereocenters. The van der Waals surface area contributed by atoms with Gasteiger partial charge in [-0.25, -0.2) is 8.42 Å². The summed E-state index contributed by atoms with van der Waals surface area (Å²) >= 11 is 0. The molecule has 2 rings (SSSR count). The van der Waals surface area contributed by atoms with Gasteiger partial charge in [-0.2, -0.15) is 22.9 Å². The molecular weight excluding hydrogens is 399 g/mol. The SMILES string of the molecule is Cc1ccc(S(=O)(=O)NC(CC(C)C)C(=O)Nc2n[nH]c(C(F)(F)F)n2)cc1. The minimum absolute atomic E-state index is 0.0306. The fraction of sp³-hybridized carbons (Fsp3) is 0.438. The topological polar surface area (TPSA) is 117 Å². The minimum Gasteiger partial charge on any atom is -0.292 e. The van der Waals surface area contributed by atoms with Crippen LogP contribution in [0.1, 0.15) is 31.7 Å². The molecule has 0 saturated carbocycles. The Morgan fingerprint density at radius 2 is 1.82 bits per heavy atom. The van der Waals surface area contributed by atoms with Crippen LogP contribution in [-0.2, 0) is 21.0 Å². The van der Waals surface area contributed by atoms with Crippen molar-refractivity contribution in [1.82, 2.24) is 19.9 Å². The number of alkyl halides is 3. The highest BCUT2D eigenvalue weighted by molar-refractivity contribution is 7.89. The number of aromatic nitrogens is 3. The first kappa shape index (κ1) is 21.8. The predicted octanol–water partition coefficient (Wildman–Crippen LogP) is 2.46. The van der Waals surface area contributed by atoms with E-state index in [0.717, 1.165) is 5.56 Å². The second kappa shape index (κ2) is 8.27. The van der Waals surface area contributed by atoms with Gasteiger partial charge < -0.3 is 0 Å². The summed E-state index contributed by atoms with van der Waals surface area (Å²) in [6.45, 7) is 5.34. The molecule has 1 unspecified atom stereocenters. The number of aryl methyl sites for hydroxylation is 1. The van der Waals surface area contributed by atoms with Crippen molar-refractivity contribution in [1.29, 1.82) is 0 Å². The Kier molecular flexibility index (Phi) is 6.44. The van der Waals surface area contributed by atoms with Gasteiger partial charge in [0.1, 0.15) is 6.04 Å². The van der Waals surface area contributed by atoms with Gasteiger partial charge in [0, 0.05) is 0 Å². The standard InChI is InChI=1S/C16H20F3N5O3S/c1-9(2)8-12(24-28(26,27)11-6-4-10(3)5-7-11)13(25)20-15-21-14(22-23-15)16(17,18)19/h4-7,9,12,24H,8H2,1-3H3,(H2,20,21,22,23,25). The summed E-state index contributed by atoms with van der Waals surface area (Å²) in [4.78, 5) is 15.6. The molecule has 0 bridgehead atoms. The van der Waals surface area contributed by atoms with E-state index >= 15 is 0 Å². The fourth-order valence-electron chi connectivity index (χ4n) is 2.29. The number of carbonyl (C=O) groups excluding carboxylic acids is 1. The molecule has 1 aromatic carbocycles. The van der Waals surface area contributed by atoms with Gasteiger partial charge in [0.05, 0.1) is 4.90 Å². The summed E-state index contributed by atoms with van der Waals surface area (Å²) in [6.07, 6.45) is -4.63. The average Bonchev–Trinajstić information content (AvgIpc) is 3.02. The summed E-state index contributed by atoms with van der Waals surface area (Å²) < 4.78 is 65.1. The Hall–Kier alpha value is -2.47. The number of nitrogens with one attached hydrogen (secondary N) is 3. The average molecular weight is 419 g/mol. The van der Waals surface area contributed by atoms with E-state index in [9.17, 15) is 26.4 Å². The second-order valence-electron chi connectivity index (χ2n) is 6.61. The molecule has 0 saturated heterocycles. The Balaban J connectivity index is 2.19. The highest BCUT2D eigenvalue weighted by Gasteiger charge is 2.36. The number of sulfonamides is 1. The van der Waals surface area contributed by atoms with E-state index in [-0.39, 0.29) is 17.2 Å². The number of benzene rings is 1. The smallest absolute Gasteiger partial charge is 0.292 e. The first-order valence-corrected chi connectivity index (χ1v) is 9.76. The fourth-order valence-corrected chi connectivity index (χ4v) is 3.50. The molecule has 0 aliphatic heterocycles. The van der Waals surface area contributed by atoms with E-state index in [1.54, 1.807) is 38.0 Å². The molecule has 1 heterocycles. The highest BCUT2D eigenvalue weighted by atomic mass is 32.2. The molecule has 0 aliphatic carbocycles. The number of rotatable bonds is 7. The molecule has 1 amide bonds. The van der Waals surface area contributed by atoms with Crippen LogP contribution in [0.4, 0.5) is 19.1 Å². The van der Waals surface area contributed by atoms with Crippen molar-refractivity contribution in [2.45, 2.75) is 44.3 Å². The number of halogens is 3. The van der Waals surface area contributed by atoms with Gasteiger partial charge in [-0.3, -0.25) is 15.2 Å². The monoisotopic (exact) mass is 419 g/mol. The van der Waals surface area contributed by atoms with Crippen LogP contribution >= 0.6 is 0 Å². The number of carbonyl (C=O) groups is 1. The van der Waals surface area contributed by atoms with Gasteiger partial charge in [-0.05, 0) is 31.4 Å². The van der Waals surface area contributed by atoms with Crippen LogP contribution in [0.2, 0.25) is 0 Å². The molecule has 0 radical (unpaired) electrons. The summed E-state index contributed by atoms with van der Waals surface area (Å²) in [5, 5.41) is 7.06. The van der Waals surface area contributed by atoms with Gasteiger partial charge >= 0.3 is 6.18 Å². The summed E-state index contributed by atoms with van der Waals surface area (Å²) in [7, 11) is -4.02. The first-order chi connectivity index (χ1) is 12.9. The Labute approximate surface area is 160 Å². The van der Waals surface area contributed by atoms with Gasteiger partial charge in [-0.15, -0.1) is 5.10 Å². The number of nitrogens with zero attached hydrogens (tertiary/aromatic N) is 2. The van der Waals surface area contributed by atoms with Crippen LogP contribution in [-0.4, -0.2) is 35.5 Å². The molecule has 0 fully saturated rings. The molecule has 154 valence electrons. The zero-order chi connectivity index (χ0) is 21.1. The number of hydrogen-bond donors (Lipinski definition) is 3. The Morgan fingerprint density at radius 1 is 1.21 bits per heavy atom. The van der Waals surface area contributed by atoms with E-state index in [2.05, 4.69) is 20.1 Å². The van der Waals surface area contributed by atoms with E-state index in [4.69, 9.17) is 0 Å². The number of anilines is 1. The molecule has 0 aliphatic rings. The van der Waals surface area contributed by atoms with Crippen LogP contribution in [0.25, 0.3) is 0 Å². The van der Waals surface area contributed by atoms with Crippen LogP contribution < -0.4 is 10.0 Å². The third-order valence-electron chi connectivity index (χ3n) is 3.64. The maximum atomic E-state index is 12.6. The van der Waals surface area contributed by atoms with Gasteiger partial charge in [-0.1, -0.05) is 31.5 Å². The lowest BCUT2D eigenvalue weighted by Gasteiger charge is -2.19. The van der Waals surface area contributed by atoms with Crippen molar-refractivity contribution in [3.05, 3.63) is 35.7 Å². The third-order valence-corrected chi connectivity index (χ3v) is 5.13. The number of aromatic amines is 1. The van der Waals surface area contributed by atoms with Gasteiger partial charge in [0.15, 0.2) is 0 Å². The molecule has 12 heteroatoms. The lowest BCUT2D eigenvalue weighted by atomic mass is 10.0. The minimum atomic E-state index is -4.75. The van der Waals surface area contributed by atoms with Crippen LogP contribution in [0.15, 0.2) is 29.2 Å². The zero-order valence-electron chi connectivity index (χ0n) is 15.3. The van der Waals surface area contributed by atoms with Crippen LogP contribution in [0.3, 0.4) is 0 Å². The Morgan fingerprint density at radius 3 is 2.32 bits per heavy atom. The van der Waals surface area contributed by atoms with Crippen LogP contribution in [0.5, 0.6) is 0 Å². The van der Waals surface area contributed by atoms with E-state index in [0.29, 0.717) is 0 Å². The highest BCUT2D eigenvalue weighted by Crippen LogP contribution is 2.26. The van der Waals surface area contributed by atoms with Gasteiger partial charge in [0.25, 0.3) is 0 Å². The van der Waals surface area contributed by atoms with Crippen molar-refractivity contribution >= 4 is 21.9 Å². The van der Waals surface area contributed by atoms with Crippen LogP contribution in [0, 0.1) is 12.8 Å². The molecular formula is C16H20F3N5O3S. The van der Waals surface area contributed by atoms with Crippen molar-refractivity contribution in [3.63, 3.8) is 0 Å². The Bertz CT molecular complexity index is 924. The number of amides is 1. The van der Waals surface area contributed by atoms with E-state index in [1.165, 1.54) is 12.1 Å². The van der Waals surface area contributed by atoms with Crippen molar-refractivity contribution < 1.29 is 26.4 Å². The lowest BCUT2D eigenvalue weighted by Crippen LogP contribution is -2.44. The quantitative estimate of drug-likeness (QED) is 0.637. The second-order valence-corrected chi connectivity index (χ2v) is 8.33. The van der Waals surface area contributed by atoms with E-state index < -0.39 is 39.9 Å². The molecule has 2 aromatic rings. The lowest BCUT2D eigenvalue weighted by molar-refractivity contribution is -0.144. The van der Waals surface area contributed by atoms with E-state index in [1.807, 2.05) is 0 Å². The molecule has 0 spiro atoms. The zero-order valence-corrected chi connectivity index (χ0v) is 16.1. The summed E-state index contributed by atoms with van der Waals surface area (Å²) in [6, 6.07) is 4.79.